The highest BCUT2D eigenvalue weighted by Gasteiger charge is 2.27. The summed E-state index contributed by atoms with van der Waals surface area (Å²) in [6.07, 6.45) is 1.94. The molecule has 0 spiro atoms. The summed E-state index contributed by atoms with van der Waals surface area (Å²) in [5, 5.41) is 10.6. The van der Waals surface area contributed by atoms with Crippen LogP contribution in [-0.2, 0) is 0 Å². The topological polar surface area (TPSA) is 41.9 Å². The number of nitrogens with zero attached hydrogens (tertiary/aromatic N) is 1. The molecule has 4 heteroatoms. The number of hydrogen-bond acceptors (Lipinski definition) is 4. The number of rotatable bonds is 5. The summed E-state index contributed by atoms with van der Waals surface area (Å²) in [6.45, 7) is 6.24. The molecule has 1 fully saturated rings. The molecule has 0 aliphatic carbocycles. The van der Waals surface area contributed by atoms with Crippen LogP contribution in [0.4, 0.5) is 0 Å². The number of hydrogen-bond donors (Lipinski definition) is 1. The summed E-state index contributed by atoms with van der Waals surface area (Å²) in [5.41, 5.74) is 0.823. The second-order valence-electron chi connectivity index (χ2n) is 5.98. The van der Waals surface area contributed by atoms with E-state index in [9.17, 15) is 5.11 Å². The lowest BCUT2D eigenvalue weighted by Crippen LogP contribution is -2.44. The fourth-order valence-corrected chi connectivity index (χ4v) is 3.09. The zero-order valence-electron chi connectivity index (χ0n) is 13.5. The first-order valence-corrected chi connectivity index (χ1v) is 7.70. The van der Waals surface area contributed by atoms with E-state index in [2.05, 4.69) is 18.7 Å². The quantitative estimate of drug-likeness (QED) is 0.906. The van der Waals surface area contributed by atoms with Crippen LogP contribution in [0.15, 0.2) is 18.2 Å². The van der Waals surface area contributed by atoms with E-state index in [4.69, 9.17) is 9.47 Å². The van der Waals surface area contributed by atoms with Gasteiger partial charge in [-0.2, -0.15) is 0 Å². The molecule has 0 saturated carbocycles. The largest absolute Gasteiger partial charge is 0.497 e. The third-order valence-corrected chi connectivity index (χ3v) is 4.71. The van der Waals surface area contributed by atoms with Crippen LogP contribution in [0.1, 0.15) is 38.4 Å². The molecular weight excluding hydrogens is 266 g/mol. The Labute approximate surface area is 127 Å². The summed E-state index contributed by atoms with van der Waals surface area (Å²) in [4.78, 5) is 2.38. The molecular formula is C17H27NO3. The highest BCUT2D eigenvalue weighted by atomic mass is 16.5. The third-order valence-electron chi connectivity index (χ3n) is 4.71. The van der Waals surface area contributed by atoms with Gasteiger partial charge in [0.2, 0.25) is 0 Å². The molecule has 3 atom stereocenters. The monoisotopic (exact) mass is 293 g/mol. The van der Waals surface area contributed by atoms with Crippen LogP contribution in [0, 0.1) is 5.92 Å². The number of aliphatic hydroxyl groups is 1. The van der Waals surface area contributed by atoms with Crippen LogP contribution in [0.25, 0.3) is 0 Å². The first kappa shape index (κ1) is 16.1. The second-order valence-corrected chi connectivity index (χ2v) is 5.98. The molecule has 118 valence electrons. The van der Waals surface area contributed by atoms with Gasteiger partial charge in [0.25, 0.3) is 0 Å². The van der Waals surface area contributed by atoms with Gasteiger partial charge in [0.1, 0.15) is 11.5 Å². The zero-order valence-corrected chi connectivity index (χ0v) is 13.5. The van der Waals surface area contributed by atoms with Gasteiger partial charge in [-0.15, -0.1) is 0 Å². The molecule has 1 aliphatic heterocycles. The van der Waals surface area contributed by atoms with E-state index in [0.717, 1.165) is 17.9 Å². The number of ether oxygens (including phenoxy) is 2. The Morgan fingerprint density at radius 3 is 2.71 bits per heavy atom. The molecule has 1 aliphatic rings. The van der Waals surface area contributed by atoms with Crippen molar-refractivity contribution in [2.24, 2.45) is 5.92 Å². The Morgan fingerprint density at radius 2 is 2.05 bits per heavy atom. The lowest BCUT2D eigenvalue weighted by Gasteiger charge is -2.39. The molecule has 1 saturated heterocycles. The average Bonchev–Trinajstić information content (AvgIpc) is 2.51. The molecule has 3 unspecified atom stereocenters. The first-order chi connectivity index (χ1) is 10.1. The molecule has 0 bridgehead atoms. The zero-order chi connectivity index (χ0) is 15.4. The van der Waals surface area contributed by atoms with Gasteiger partial charge in [-0.1, -0.05) is 6.92 Å². The Balaban J connectivity index is 2.10. The predicted octanol–water partition coefficient (Wildman–Crippen LogP) is 2.86. The van der Waals surface area contributed by atoms with Gasteiger partial charge in [0.15, 0.2) is 0 Å². The van der Waals surface area contributed by atoms with E-state index >= 15 is 0 Å². The Kier molecular flexibility index (Phi) is 5.48. The summed E-state index contributed by atoms with van der Waals surface area (Å²) in [7, 11) is 3.25. The number of aliphatic hydroxyl groups excluding tert-OH is 1. The minimum Gasteiger partial charge on any atom is -0.497 e. The highest BCUT2D eigenvalue weighted by molar-refractivity contribution is 5.42. The number of piperidine rings is 1. The Morgan fingerprint density at radius 1 is 1.29 bits per heavy atom. The smallest absolute Gasteiger partial charge is 0.128 e. The van der Waals surface area contributed by atoms with Crippen LogP contribution in [0.2, 0.25) is 0 Å². The van der Waals surface area contributed by atoms with Crippen molar-refractivity contribution in [1.82, 2.24) is 4.90 Å². The lowest BCUT2D eigenvalue weighted by atomic mass is 9.91. The molecule has 0 aromatic heterocycles. The lowest BCUT2D eigenvalue weighted by molar-refractivity contribution is 0.0502. The van der Waals surface area contributed by atoms with Crippen LogP contribution in [-0.4, -0.2) is 43.4 Å². The fourth-order valence-electron chi connectivity index (χ4n) is 3.09. The molecule has 0 radical (unpaired) electrons. The van der Waals surface area contributed by atoms with Crippen molar-refractivity contribution in [2.75, 3.05) is 27.3 Å². The maximum absolute atomic E-state index is 10.6. The normalized spacial score (nSPS) is 24.6. The van der Waals surface area contributed by atoms with Gasteiger partial charge in [0, 0.05) is 24.2 Å². The van der Waals surface area contributed by atoms with Crippen LogP contribution >= 0.6 is 0 Å². The predicted molar refractivity (Wildman–Crippen MR) is 83.9 cm³/mol. The summed E-state index contributed by atoms with van der Waals surface area (Å²) in [6, 6.07) is 6.09. The minimum absolute atomic E-state index is 0.512. The van der Waals surface area contributed by atoms with Gasteiger partial charge >= 0.3 is 0 Å². The minimum atomic E-state index is -0.543. The van der Waals surface area contributed by atoms with E-state index in [1.165, 1.54) is 12.8 Å². The van der Waals surface area contributed by atoms with Crippen molar-refractivity contribution < 1.29 is 14.6 Å². The first-order valence-electron chi connectivity index (χ1n) is 7.70. The van der Waals surface area contributed by atoms with Gasteiger partial charge in [-0.25, -0.2) is 0 Å². The van der Waals surface area contributed by atoms with Gasteiger partial charge < -0.3 is 14.6 Å². The van der Waals surface area contributed by atoms with Crippen molar-refractivity contribution in [2.45, 2.75) is 38.8 Å². The van der Waals surface area contributed by atoms with Crippen molar-refractivity contribution in [3.63, 3.8) is 0 Å². The van der Waals surface area contributed by atoms with Gasteiger partial charge in [0.05, 0.1) is 20.3 Å². The molecule has 1 heterocycles. The highest BCUT2D eigenvalue weighted by Crippen LogP contribution is 2.31. The summed E-state index contributed by atoms with van der Waals surface area (Å²) < 4.78 is 10.6. The second kappa shape index (κ2) is 7.14. The molecule has 0 amide bonds. The molecule has 2 rings (SSSR count). The van der Waals surface area contributed by atoms with Crippen molar-refractivity contribution in [3.05, 3.63) is 23.8 Å². The maximum Gasteiger partial charge on any atom is 0.128 e. The SMILES string of the molecule is COc1ccc(C(O)CN2CCCC(C)C2C)c(OC)c1. The van der Waals surface area contributed by atoms with Gasteiger partial charge in [-0.3, -0.25) is 4.90 Å². The third kappa shape index (κ3) is 3.69. The van der Waals surface area contributed by atoms with Crippen LogP contribution in [0.5, 0.6) is 11.5 Å². The molecule has 4 nitrogen and oxygen atoms in total. The van der Waals surface area contributed by atoms with Gasteiger partial charge in [-0.05, 0) is 44.4 Å². The van der Waals surface area contributed by atoms with Crippen molar-refractivity contribution in [3.8, 4) is 11.5 Å². The summed E-state index contributed by atoms with van der Waals surface area (Å²) >= 11 is 0. The molecule has 1 aromatic carbocycles. The van der Waals surface area contributed by atoms with Crippen LogP contribution < -0.4 is 9.47 Å². The summed E-state index contributed by atoms with van der Waals surface area (Å²) in [5.74, 6) is 2.10. The van der Waals surface area contributed by atoms with Crippen molar-refractivity contribution in [1.29, 1.82) is 0 Å². The number of β-amino-alcohol motifs (C(OH)–C–C–N with tert-alkyl or cyclic N) is 1. The molecule has 21 heavy (non-hydrogen) atoms. The van der Waals surface area contributed by atoms with E-state index in [0.29, 0.717) is 24.3 Å². The Hall–Kier alpha value is -1.26. The van der Waals surface area contributed by atoms with E-state index in [-0.39, 0.29) is 0 Å². The molecule has 1 aromatic rings. The molecule has 1 N–H and O–H groups in total. The Bertz CT molecular complexity index is 463. The standard InChI is InChI=1S/C17H27NO3/c1-12-6-5-9-18(13(12)2)11-16(19)15-8-7-14(20-3)10-17(15)21-4/h7-8,10,12-13,16,19H,5-6,9,11H2,1-4H3. The number of benzene rings is 1. The number of likely N-dealkylation sites (tertiary alicyclic amines) is 1. The average molecular weight is 293 g/mol. The van der Waals surface area contributed by atoms with E-state index < -0.39 is 6.10 Å². The number of methoxy groups -OCH3 is 2. The van der Waals surface area contributed by atoms with E-state index in [1.54, 1.807) is 14.2 Å². The van der Waals surface area contributed by atoms with E-state index in [1.807, 2.05) is 18.2 Å². The van der Waals surface area contributed by atoms with Crippen LogP contribution in [0.3, 0.4) is 0 Å². The fraction of sp³-hybridized carbons (Fsp3) is 0.647. The van der Waals surface area contributed by atoms with Crippen molar-refractivity contribution >= 4 is 0 Å². The maximum atomic E-state index is 10.6.